The summed E-state index contributed by atoms with van der Waals surface area (Å²) in [5.41, 5.74) is 6.94. The molecule has 1 aromatic carbocycles. The lowest BCUT2D eigenvalue weighted by Crippen LogP contribution is -2.39. The fourth-order valence-corrected chi connectivity index (χ4v) is 2.10. The summed E-state index contributed by atoms with van der Waals surface area (Å²) in [5, 5.41) is 0. The van der Waals surface area contributed by atoms with E-state index in [1.807, 2.05) is 25.1 Å². The molecule has 0 saturated heterocycles. The molecule has 1 aliphatic heterocycles. The third-order valence-electron chi connectivity index (χ3n) is 3.75. The van der Waals surface area contributed by atoms with Crippen LogP contribution in [0.1, 0.15) is 31.9 Å². The molecular weight excluding hydrogens is 230 g/mol. The predicted molar refractivity (Wildman–Crippen MR) is 70.1 cm³/mol. The number of hydrogen-bond acceptors (Lipinski definition) is 4. The van der Waals surface area contributed by atoms with Crippen molar-refractivity contribution in [2.45, 2.75) is 31.9 Å². The van der Waals surface area contributed by atoms with Crippen molar-refractivity contribution in [2.75, 3.05) is 20.3 Å². The van der Waals surface area contributed by atoms with Gasteiger partial charge < -0.3 is 19.9 Å². The van der Waals surface area contributed by atoms with Crippen LogP contribution in [0.15, 0.2) is 18.2 Å². The van der Waals surface area contributed by atoms with Gasteiger partial charge in [0.15, 0.2) is 11.5 Å². The average molecular weight is 251 g/mol. The van der Waals surface area contributed by atoms with Crippen molar-refractivity contribution in [3.05, 3.63) is 23.8 Å². The zero-order chi connectivity index (χ0) is 13.2. The van der Waals surface area contributed by atoms with E-state index in [1.165, 1.54) is 0 Å². The van der Waals surface area contributed by atoms with E-state index in [-0.39, 0.29) is 11.6 Å². The van der Waals surface area contributed by atoms with Gasteiger partial charge in [0.1, 0.15) is 13.2 Å². The van der Waals surface area contributed by atoms with Gasteiger partial charge in [-0.2, -0.15) is 0 Å². The first-order valence-corrected chi connectivity index (χ1v) is 6.31. The number of methoxy groups -OCH3 is 1. The van der Waals surface area contributed by atoms with Gasteiger partial charge >= 0.3 is 0 Å². The summed E-state index contributed by atoms with van der Waals surface area (Å²) in [6, 6.07) is 5.65. The Morgan fingerprint density at radius 2 is 2.00 bits per heavy atom. The number of fused-ring (bicyclic) bond motifs is 1. The Kier molecular flexibility index (Phi) is 3.78. The second kappa shape index (κ2) is 5.16. The van der Waals surface area contributed by atoms with Gasteiger partial charge in [0.05, 0.1) is 11.6 Å². The number of benzene rings is 1. The fourth-order valence-electron chi connectivity index (χ4n) is 2.10. The summed E-state index contributed by atoms with van der Waals surface area (Å²) >= 11 is 0. The third-order valence-corrected chi connectivity index (χ3v) is 3.75. The molecular formula is C14H21NO3. The van der Waals surface area contributed by atoms with Gasteiger partial charge in [-0.05, 0) is 31.0 Å². The van der Waals surface area contributed by atoms with Crippen LogP contribution in [0.5, 0.6) is 11.5 Å². The van der Waals surface area contributed by atoms with Gasteiger partial charge in [-0.3, -0.25) is 0 Å². The average Bonchev–Trinajstić information content (AvgIpc) is 2.45. The molecule has 1 aromatic rings. The molecule has 1 heterocycles. The number of ether oxygens (including phenoxy) is 3. The first-order valence-electron chi connectivity index (χ1n) is 6.31. The molecule has 0 radical (unpaired) electrons. The topological polar surface area (TPSA) is 53.7 Å². The quantitative estimate of drug-likeness (QED) is 0.892. The number of rotatable bonds is 4. The van der Waals surface area contributed by atoms with Crippen molar-refractivity contribution in [1.82, 2.24) is 0 Å². The zero-order valence-corrected chi connectivity index (χ0v) is 11.2. The zero-order valence-electron chi connectivity index (χ0n) is 11.2. The maximum atomic E-state index is 6.31. The molecule has 4 heteroatoms. The summed E-state index contributed by atoms with van der Waals surface area (Å²) in [6.45, 7) is 5.28. The Hall–Kier alpha value is -1.26. The van der Waals surface area contributed by atoms with Crippen LogP contribution in [-0.2, 0) is 4.74 Å². The highest BCUT2D eigenvalue weighted by atomic mass is 16.6. The van der Waals surface area contributed by atoms with Crippen LogP contribution in [0.3, 0.4) is 0 Å². The molecule has 0 aliphatic carbocycles. The van der Waals surface area contributed by atoms with E-state index in [0.29, 0.717) is 13.2 Å². The minimum absolute atomic E-state index is 0.191. The second-order valence-corrected chi connectivity index (χ2v) is 4.75. The van der Waals surface area contributed by atoms with Crippen LogP contribution in [0.2, 0.25) is 0 Å². The number of hydrogen-bond donors (Lipinski definition) is 1. The predicted octanol–water partition coefficient (Wildman–Crippen LogP) is 2.27. The minimum Gasteiger partial charge on any atom is -0.486 e. The Balaban J connectivity index is 2.28. The van der Waals surface area contributed by atoms with E-state index >= 15 is 0 Å². The molecule has 100 valence electrons. The molecule has 2 unspecified atom stereocenters. The molecule has 0 fully saturated rings. The largest absolute Gasteiger partial charge is 0.486 e. The number of nitrogens with two attached hydrogens (primary N) is 1. The molecule has 0 saturated carbocycles. The highest BCUT2D eigenvalue weighted by Gasteiger charge is 2.31. The first-order chi connectivity index (χ1) is 8.60. The van der Waals surface area contributed by atoms with E-state index in [2.05, 4.69) is 6.92 Å². The van der Waals surface area contributed by atoms with Crippen LogP contribution in [0.4, 0.5) is 0 Å². The minimum atomic E-state index is -0.371. The van der Waals surface area contributed by atoms with Crippen LogP contribution in [0, 0.1) is 0 Å². The fraction of sp³-hybridized carbons (Fsp3) is 0.571. The summed E-state index contributed by atoms with van der Waals surface area (Å²) in [7, 11) is 1.70. The van der Waals surface area contributed by atoms with Crippen molar-refractivity contribution < 1.29 is 14.2 Å². The standard InChI is InChI=1S/C14H21NO3/c1-4-14(2,16-3)13(15)10-5-6-11-12(9-10)18-8-7-17-11/h5-6,9,13H,4,7-8,15H2,1-3H3. The van der Waals surface area contributed by atoms with Crippen LogP contribution in [0.25, 0.3) is 0 Å². The summed E-state index contributed by atoms with van der Waals surface area (Å²) in [5.74, 6) is 1.55. The summed E-state index contributed by atoms with van der Waals surface area (Å²) in [4.78, 5) is 0. The lowest BCUT2D eigenvalue weighted by atomic mass is 9.88. The van der Waals surface area contributed by atoms with Crippen LogP contribution >= 0.6 is 0 Å². The van der Waals surface area contributed by atoms with Gasteiger partial charge in [0.2, 0.25) is 0 Å². The molecule has 0 aromatic heterocycles. The summed E-state index contributed by atoms with van der Waals surface area (Å²) in [6.07, 6.45) is 0.846. The Labute approximate surface area is 108 Å². The monoisotopic (exact) mass is 251 g/mol. The highest BCUT2D eigenvalue weighted by molar-refractivity contribution is 5.45. The van der Waals surface area contributed by atoms with Crippen molar-refractivity contribution in [3.8, 4) is 11.5 Å². The van der Waals surface area contributed by atoms with E-state index in [1.54, 1.807) is 7.11 Å². The van der Waals surface area contributed by atoms with Crippen LogP contribution < -0.4 is 15.2 Å². The molecule has 0 spiro atoms. The molecule has 18 heavy (non-hydrogen) atoms. The van der Waals surface area contributed by atoms with Gasteiger partial charge in [-0.15, -0.1) is 0 Å². The molecule has 2 atom stereocenters. The van der Waals surface area contributed by atoms with Crippen molar-refractivity contribution in [3.63, 3.8) is 0 Å². The SMILES string of the molecule is CCC(C)(OC)C(N)c1ccc2c(c1)OCCO2. The van der Waals surface area contributed by atoms with Crippen LogP contribution in [-0.4, -0.2) is 25.9 Å². The third kappa shape index (κ3) is 2.31. The van der Waals surface area contributed by atoms with E-state index in [9.17, 15) is 0 Å². The normalized spacial score (nSPS) is 19.1. The van der Waals surface area contributed by atoms with Crippen molar-refractivity contribution >= 4 is 0 Å². The molecule has 2 rings (SSSR count). The Bertz CT molecular complexity index is 416. The molecule has 0 bridgehead atoms. The van der Waals surface area contributed by atoms with E-state index in [4.69, 9.17) is 19.9 Å². The second-order valence-electron chi connectivity index (χ2n) is 4.75. The molecule has 0 amide bonds. The maximum absolute atomic E-state index is 6.31. The Morgan fingerprint density at radius 3 is 2.61 bits per heavy atom. The molecule has 1 aliphatic rings. The van der Waals surface area contributed by atoms with Gasteiger partial charge in [0, 0.05) is 7.11 Å². The Morgan fingerprint density at radius 1 is 1.33 bits per heavy atom. The van der Waals surface area contributed by atoms with E-state index in [0.717, 1.165) is 23.5 Å². The first kappa shape index (κ1) is 13.2. The summed E-state index contributed by atoms with van der Waals surface area (Å²) < 4.78 is 16.6. The smallest absolute Gasteiger partial charge is 0.161 e. The lowest BCUT2D eigenvalue weighted by Gasteiger charge is -2.34. The van der Waals surface area contributed by atoms with Crippen molar-refractivity contribution in [1.29, 1.82) is 0 Å². The molecule has 4 nitrogen and oxygen atoms in total. The van der Waals surface area contributed by atoms with E-state index < -0.39 is 0 Å². The van der Waals surface area contributed by atoms with Crippen molar-refractivity contribution in [2.24, 2.45) is 5.73 Å². The highest BCUT2D eigenvalue weighted by Crippen LogP contribution is 2.36. The van der Waals surface area contributed by atoms with Gasteiger partial charge in [-0.1, -0.05) is 13.0 Å². The van der Waals surface area contributed by atoms with Gasteiger partial charge in [0.25, 0.3) is 0 Å². The molecule has 2 N–H and O–H groups in total. The lowest BCUT2D eigenvalue weighted by molar-refractivity contribution is -0.0195. The maximum Gasteiger partial charge on any atom is 0.161 e. The van der Waals surface area contributed by atoms with Gasteiger partial charge in [-0.25, -0.2) is 0 Å².